The molecule has 2 amide bonds. The summed E-state index contributed by atoms with van der Waals surface area (Å²) < 4.78 is 0. The maximum absolute atomic E-state index is 12.1. The molecule has 0 heterocycles. The molecule has 2 rings (SSSR count). The van der Waals surface area contributed by atoms with Crippen LogP contribution in [0.5, 0.6) is 0 Å². The third kappa shape index (κ3) is 3.31. The van der Waals surface area contributed by atoms with Gasteiger partial charge in [0.1, 0.15) is 0 Å². The smallest absolute Gasteiger partial charge is 0.319 e. The molecule has 0 saturated heterocycles. The average molecular weight is 276 g/mol. The molecule has 4 heteroatoms. The number of carbonyl (C=O) groups is 1. The van der Waals surface area contributed by atoms with E-state index < -0.39 is 5.54 Å². The second kappa shape index (κ2) is 6.27. The summed E-state index contributed by atoms with van der Waals surface area (Å²) in [4.78, 5) is 12.1. The van der Waals surface area contributed by atoms with Gasteiger partial charge in [0.05, 0.1) is 12.1 Å². The molecular weight excluding hydrogens is 252 g/mol. The lowest BCUT2D eigenvalue weighted by molar-refractivity contribution is 0.167. The molecule has 4 nitrogen and oxygen atoms in total. The number of urea groups is 1. The molecule has 1 aromatic rings. The topological polar surface area (TPSA) is 61.4 Å². The molecule has 0 radical (unpaired) electrons. The molecule has 0 unspecified atom stereocenters. The van der Waals surface area contributed by atoms with E-state index in [0.29, 0.717) is 0 Å². The van der Waals surface area contributed by atoms with Crippen LogP contribution in [0.2, 0.25) is 0 Å². The lowest BCUT2D eigenvalue weighted by atomic mass is 9.99. The number of aryl methyl sites for hydroxylation is 2. The summed E-state index contributed by atoms with van der Waals surface area (Å²) in [5, 5.41) is 15.3. The highest BCUT2D eigenvalue weighted by Crippen LogP contribution is 2.29. The van der Waals surface area contributed by atoms with Crippen LogP contribution in [-0.4, -0.2) is 23.3 Å². The van der Waals surface area contributed by atoms with E-state index in [1.165, 1.54) is 11.1 Å². The summed E-state index contributed by atoms with van der Waals surface area (Å²) >= 11 is 0. The second-order valence-corrected chi connectivity index (χ2v) is 5.72. The second-order valence-electron chi connectivity index (χ2n) is 5.72. The Morgan fingerprint density at radius 1 is 1.35 bits per heavy atom. The van der Waals surface area contributed by atoms with E-state index in [1.54, 1.807) is 0 Å². The van der Waals surface area contributed by atoms with Crippen molar-refractivity contribution in [3.05, 3.63) is 29.3 Å². The molecule has 0 aromatic heterocycles. The van der Waals surface area contributed by atoms with Gasteiger partial charge in [-0.1, -0.05) is 25.8 Å². The minimum atomic E-state index is -0.428. The van der Waals surface area contributed by atoms with Gasteiger partial charge in [-0.2, -0.15) is 0 Å². The zero-order valence-electron chi connectivity index (χ0n) is 12.3. The van der Waals surface area contributed by atoms with Crippen molar-refractivity contribution < 1.29 is 9.90 Å². The Balaban J connectivity index is 2.01. The quantitative estimate of drug-likeness (QED) is 0.791. The van der Waals surface area contributed by atoms with Gasteiger partial charge in [-0.3, -0.25) is 0 Å². The highest BCUT2D eigenvalue weighted by Gasteiger charge is 2.34. The first-order valence-corrected chi connectivity index (χ1v) is 7.38. The summed E-state index contributed by atoms with van der Waals surface area (Å²) in [6.45, 7) is 4.18. The molecule has 0 spiro atoms. The number of carbonyl (C=O) groups excluding carboxylic acids is 1. The molecule has 1 aliphatic rings. The molecule has 1 aromatic carbocycles. The van der Waals surface area contributed by atoms with E-state index >= 15 is 0 Å². The van der Waals surface area contributed by atoms with Gasteiger partial charge < -0.3 is 15.7 Å². The van der Waals surface area contributed by atoms with Gasteiger partial charge in [-0.05, 0) is 49.4 Å². The Hall–Kier alpha value is -1.55. The number of nitrogens with one attached hydrogen (secondary N) is 2. The van der Waals surface area contributed by atoms with Gasteiger partial charge in [-0.15, -0.1) is 0 Å². The van der Waals surface area contributed by atoms with Crippen molar-refractivity contribution in [3.8, 4) is 0 Å². The van der Waals surface area contributed by atoms with Gasteiger partial charge in [-0.25, -0.2) is 4.79 Å². The Bertz CT molecular complexity index is 479. The predicted octanol–water partition coefficient (Wildman–Crippen LogP) is 2.98. The average Bonchev–Trinajstić information content (AvgIpc) is 2.90. The van der Waals surface area contributed by atoms with Crippen LogP contribution in [0.25, 0.3) is 0 Å². The number of benzene rings is 1. The van der Waals surface area contributed by atoms with Crippen LogP contribution >= 0.6 is 0 Å². The SMILES string of the molecule is CCc1cc(NC(=O)NC2(CO)CCCC2)ccc1C. The molecule has 1 saturated carbocycles. The minimum Gasteiger partial charge on any atom is -0.394 e. The molecular formula is C16H24N2O2. The highest BCUT2D eigenvalue weighted by molar-refractivity contribution is 5.90. The Kier molecular flexibility index (Phi) is 4.65. The van der Waals surface area contributed by atoms with E-state index in [4.69, 9.17) is 0 Å². The van der Waals surface area contributed by atoms with Crippen LogP contribution in [0.3, 0.4) is 0 Å². The number of amides is 2. The Morgan fingerprint density at radius 3 is 2.65 bits per heavy atom. The normalized spacial score (nSPS) is 16.9. The summed E-state index contributed by atoms with van der Waals surface area (Å²) in [7, 11) is 0. The monoisotopic (exact) mass is 276 g/mol. The standard InChI is InChI=1S/C16H24N2O2/c1-3-13-10-14(7-6-12(13)2)17-15(20)18-16(11-19)8-4-5-9-16/h6-7,10,19H,3-5,8-9,11H2,1-2H3,(H2,17,18,20). The van der Waals surface area contributed by atoms with E-state index in [9.17, 15) is 9.90 Å². The highest BCUT2D eigenvalue weighted by atomic mass is 16.3. The van der Waals surface area contributed by atoms with Crippen molar-refractivity contribution in [2.24, 2.45) is 0 Å². The molecule has 20 heavy (non-hydrogen) atoms. The van der Waals surface area contributed by atoms with Gasteiger partial charge in [0, 0.05) is 5.69 Å². The Labute approximate surface area is 120 Å². The molecule has 1 aliphatic carbocycles. The lowest BCUT2D eigenvalue weighted by Gasteiger charge is -2.28. The first kappa shape index (κ1) is 14.9. The van der Waals surface area contributed by atoms with Crippen molar-refractivity contribution in [2.45, 2.75) is 51.5 Å². The molecule has 0 aliphatic heterocycles. The van der Waals surface area contributed by atoms with E-state index in [1.807, 2.05) is 18.2 Å². The van der Waals surface area contributed by atoms with Crippen LogP contribution in [-0.2, 0) is 6.42 Å². The predicted molar refractivity (Wildman–Crippen MR) is 81.0 cm³/mol. The molecule has 110 valence electrons. The van der Waals surface area contributed by atoms with Crippen LogP contribution < -0.4 is 10.6 Å². The number of hydrogen-bond donors (Lipinski definition) is 3. The fourth-order valence-electron chi connectivity index (χ4n) is 2.91. The summed E-state index contributed by atoms with van der Waals surface area (Å²) in [5.74, 6) is 0. The van der Waals surface area contributed by atoms with E-state index in [2.05, 4.69) is 24.5 Å². The van der Waals surface area contributed by atoms with Crippen LogP contribution in [0, 0.1) is 6.92 Å². The zero-order valence-corrected chi connectivity index (χ0v) is 12.3. The number of hydrogen-bond acceptors (Lipinski definition) is 2. The van der Waals surface area contributed by atoms with Gasteiger partial charge in [0.25, 0.3) is 0 Å². The maximum atomic E-state index is 12.1. The Morgan fingerprint density at radius 2 is 2.05 bits per heavy atom. The van der Waals surface area contributed by atoms with Gasteiger partial charge in [0.15, 0.2) is 0 Å². The van der Waals surface area contributed by atoms with E-state index in [0.717, 1.165) is 37.8 Å². The number of aliphatic hydroxyl groups is 1. The van der Waals surface area contributed by atoms with E-state index in [-0.39, 0.29) is 12.6 Å². The van der Waals surface area contributed by atoms with Crippen molar-refractivity contribution in [3.63, 3.8) is 0 Å². The largest absolute Gasteiger partial charge is 0.394 e. The first-order chi connectivity index (χ1) is 9.58. The summed E-state index contributed by atoms with van der Waals surface area (Å²) in [6.07, 6.45) is 4.77. The summed E-state index contributed by atoms with van der Waals surface area (Å²) in [6, 6.07) is 5.71. The molecule has 1 fully saturated rings. The van der Waals surface area contributed by atoms with Crippen molar-refractivity contribution in [1.29, 1.82) is 0 Å². The molecule has 0 bridgehead atoms. The fourth-order valence-corrected chi connectivity index (χ4v) is 2.91. The van der Waals surface area contributed by atoms with Crippen LogP contribution in [0.1, 0.15) is 43.7 Å². The number of aliphatic hydroxyl groups excluding tert-OH is 1. The molecule has 0 atom stereocenters. The zero-order chi connectivity index (χ0) is 14.6. The maximum Gasteiger partial charge on any atom is 0.319 e. The van der Waals surface area contributed by atoms with Gasteiger partial charge in [0.2, 0.25) is 0 Å². The van der Waals surface area contributed by atoms with Crippen LogP contribution in [0.15, 0.2) is 18.2 Å². The third-order valence-electron chi connectivity index (χ3n) is 4.23. The van der Waals surface area contributed by atoms with Crippen molar-refractivity contribution in [2.75, 3.05) is 11.9 Å². The lowest BCUT2D eigenvalue weighted by Crippen LogP contribution is -2.50. The number of anilines is 1. The van der Waals surface area contributed by atoms with Gasteiger partial charge >= 0.3 is 6.03 Å². The van der Waals surface area contributed by atoms with Crippen LogP contribution in [0.4, 0.5) is 10.5 Å². The van der Waals surface area contributed by atoms with Crippen molar-refractivity contribution in [1.82, 2.24) is 5.32 Å². The number of rotatable bonds is 4. The first-order valence-electron chi connectivity index (χ1n) is 7.38. The third-order valence-corrected chi connectivity index (χ3v) is 4.23. The van der Waals surface area contributed by atoms with Crippen molar-refractivity contribution >= 4 is 11.7 Å². The minimum absolute atomic E-state index is 0.00846. The summed E-state index contributed by atoms with van der Waals surface area (Å²) in [5.41, 5.74) is 2.85. The fraction of sp³-hybridized carbons (Fsp3) is 0.562. The molecule has 3 N–H and O–H groups in total.